The summed E-state index contributed by atoms with van der Waals surface area (Å²) in [5.41, 5.74) is 5.58. The molecule has 0 unspecified atom stereocenters. The fourth-order valence-electron chi connectivity index (χ4n) is 3.31. The van der Waals surface area contributed by atoms with Crippen LogP contribution in [0.1, 0.15) is 32.6 Å². The Kier molecular flexibility index (Phi) is 6.24. The van der Waals surface area contributed by atoms with Gasteiger partial charge < -0.3 is 10.6 Å². The van der Waals surface area contributed by atoms with E-state index in [0.29, 0.717) is 12.1 Å². The standard InChI is InChI=1S/C22H27N3O2/c1-16-7-8-19(13-17(16)2)22(27)24-14-21(26)23-10-12-25-11-9-18-5-3-4-6-20(18)15-25/h3-8,13H,9-12,14-15H2,1-2H3,(H,23,26)(H,24,27). The molecule has 5 heteroatoms. The van der Waals surface area contributed by atoms with Crippen LogP contribution in [0.15, 0.2) is 42.5 Å². The van der Waals surface area contributed by atoms with Gasteiger partial charge in [-0.2, -0.15) is 0 Å². The van der Waals surface area contributed by atoms with E-state index in [1.54, 1.807) is 6.07 Å². The van der Waals surface area contributed by atoms with Crippen molar-refractivity contribution in [3.05, 3.63) is 70.3 Å². The number of nitrogens with zero attached hydrogens (tertiary/aromatic N) is 1. The third-order valence-corrected chi connectivity index (χ3v) is 5.14. The Hall–Kier alpha value is -2.66. The maximum atomic E-state index is 12.2. The summed E-state index contributed by atoms with van der Waals surface area (Å²) in [6.07, 6.45) is 1.05. The van der Waals surface area contributed by atoms with Crippen molar-refractivity contribution < 1.29 is 9.59 Å². The molecule has 2 N–H and O–H groups in total. The third-order valence-electron chi connectivity index (χ3n) is 5.14. The van der Waals surface area contributed by atoms with Crippen LogP contribution in [0.5, 0.6) is 0 Å². The van der Waals surface area contributed by atoms with E-state index in [4.69, 9.17) is 0 Å². The van der Waals surface area contributed by atoms with Gasteiger partial charge >= 0.3 is 0 Å². The largest absolute Gasteiger partial charge is 0.353 e. The number of carbonyl (C=O) groups is 2. The molecule has 142 valence electrons. The van der Waals surface area contributed by atoms with Crippen LogP contribution < -0.4 is 10.6 Å². The van der Waals surface area contributed by atoms with E-state index in [0.717, 1.165) is 37.2 Å². The molecule has 0 aromatic heterocycles. The monoisotopic (exact) mass is 365 g/mol. The number of hydrogen-bond donors (Lipinski definition) is 2. The number of benzene rings is 2. The first-order valence-electron chi connectivity index (χ1n) is 9.44. The molecule has 0 saturated carbocycles. The van der Waals surface area contributed by atoms with Crippen LogP contribution in [0.25, 0.3) is 0 Å². The van der Waals surface area contributed by atoms with Gasteiger partial charge in [0.1, 0.15) is 0 Å². The van der Waals surface area contributed by atoms with Gasteiger partial charge in [0.15, 0.2) is 0 Å². The predicted molar refractivity (Wildman–Crippen MR) is 107 cm³/mol. The summed E-state index contributed by atoms with van der Waals surface area (Å²) in [4.78, 5) is 26.5. The van der Waals surface area contributed by atoms with Crippen molar-refractivity contribution in [3.63, 3.8) is 0 Å². The molecule has 2 aromatic carbocycles. The summed E-state index contributed by atoms with van der Waals surface area (Å²) < 4.78 is 0. The van der Waals surface area contributed by atoms with E-state index in [2.05, 4.69) is 39.8 Å². The van der Waals surface area contributed by atoms with Crippen molar-refractivity contribution in [1.29, 1.82) is 0 Å². The van der Waals surface area contributed by atoms with Gasteiger partial charge in [0, 0.05) is 31.7 Å². The highest BCUT2D eigenvalue weighted by atomic mass is 16.2. The summed E-state index contributed by atoms with van der Waals surface area (Å²) in [7, 11) is 0. The number of hydrogen-bond acceptors (Lipinski definition) is 3. The SMILES string of the molecule is Cc1ccc(C(=O)NCC(=O)NCCN2CCc3ccccc3C2)cc1C. The fraction of sp³-hybridized carbons (Fsp3) is 0.364. The van der Waals surface area contributed by atoms with Crippen molar-refractivity contribution in [3.8, 4) is 0 Å². The predicted octanol–water partition coefficient (Wildman–Crippen LogP) is 2.21. The van der Waals surface area contributed by atoms with E-state index < -0.39 is 0 Å². The van der Waals surface area contributed by atoms with Crippen molar-refractivity contribution in [2.75, 3.05) is 26.2 Å². The molecule has 1 heterocycles. The van der Waals surface area contributed by atoms with Crippen molar-refractivity contribution >= 4 is 11.8 Å². The molecule has 1 aliphatic rings. The minimum absolute atomic E-state index is 0.00537. The van der Waals surface area contributed by atoms with Gasteiger partial charge in [0.25, 0.3) is 5.91 Å². The molecule has 0 radical (unpaired) electrons. The summed E-state index contributed by atoms with van der Waals surface area (Å²) in [5.74, 6) is -0.384. The maximum absolute atomic E-state index is 12.2. The molecule has 0 spiro atoms. The second kappa shape index (κ2) is 8.82. The first-order valence-corrected chi connectivity index (χ1v) is 9.44. The Morgan fingerprint density at radius 1 is 1.00 bits per heavy atom. The van der Waals surface area contributed by atoms with Gasteiger partial charge in [-0.05, 0) is 54.7 Å². The Bertz CT molecular complexity index is 832. The van der Waals surface area contributed by atoms with Crippen molar-refractivity contribution in [2.45, 2.75) is 26.8 Å². The van der Waals surface area contributed by atoms with E-state index in [1.165, 1.54) is 11.1 Å². The highest BCUT2D eigenvalue weighted by Crippen LogP contribution is 2.17. The first-order chi connectivity index (χ1) is 13.0. The normalized spacial score (nSPS) is 13.7. The van der Waals surface area contributed by atoms with E-state index in [1.807, 2.05) is 26.0 Å². The second-order valence-electron chi connectivity index (χ2n) is 7.13. The summed E-state index contributed by atoms with van der Waals surface area (Å²) in [6, 6.07) is 14.1. The van der Waals surface area contributed by atoms with Crippen LogP contribution in [0.3, 0.4) is 0 Å². The van der Waals surface area contributed by atoms with Crippen molar-refractivity contribution in [2.24, 2.45) is 0 Å². The summed E-state index contributed by atoms with van der Waals surface area (Å²) in [5, 5.41) is 5.57. The minimum atomic E-state index is -0.221. The summed E-state index contributed by atoms with van der Waals surface area (Å²) in [6.45, 7) is 7.30. The lowest BCUT2D eigenvalue weighted by molar-refractivity contribution is -0.120. The highest BCUT2D eigenvalue weighted by molar-refractivity contribution is 5.96. The molecular weight excluding hydrogens is 338 g/mol. The Balaban J connectivity index is 1.37. The molecule has 0 fully saturated rings. The molecule has 3 rings (SSSR count). The van der Waals surface area contributed by atoms with Crippen LogP contribution in [0, 0.1) is 13.8 Å². The van der Waals surface area contributed by atoms with Gasteiger partial charge in [-0.1, -0.05) is 30.3 Å². The number of rotatable bonds is 6. The van der Waals surface area contributed by atoms with Gasteiger partial charge in [0.2, 0.25) is 5.91 Å². The van der Waals surface area contributed by atoms with E-state index in [9.17, 15) is 9.59 Å². The van der Waals surface area contributed by atoms with Gasteiger partial charge in [-0.15, -0.1) is 0 Å². The van der Waals surface area contributed by atoms with Gasteiger partial charge in [-0.25, -0.2) is 0 Å². The smallest absolute Gasteiger partial charge is 0.251 e. The average Bonchev–Trinajstić information content (AvgIpc) is 2.68. The molecule has 27 heavy (non-hydrogen) atoms. The molecule has 1 aliphatic heterocycles. The molecule has 0 atom stereocenters. The Labute approximate surface area is 160 Å². The molecular formula is C22H27N3O2. The van der Waals surface area contributed by atoms with Crippen molar-refractivity contribution in [1.82, 2.24) is 15.5 Å². The van der Waals surface area contributed by atoms with Crippen LogP contribution in [0.2, 0.25) is 0 Å². The van der Waals surface area contributed by atoms with Crippen LogP contribution in [0.4, 0.5) is 0 Å². The number of fused-ring (bicyclic) bond motifs is 1. The molecule has 2 aromatic rings. The quantitative estimate of drug-likeness (QED) is 0.825. The van der Waals surface area contributed by atoms with Gasteiger partial charge in [-0.3, -0.25) is 14.5 Å². The zero-order valence-corrected chi connectivity index (χ0v) is 16.0. The number of amides is 2. The molecule has 0 aliphatic carbocycles. The fourth-order valence-corrected chi connectivity index (χ4v) is 3.31. The third kappa shape index (κ3) is 5.17. The lowest BCUT2D eigenvalue weighted by Crippen LogP contribution is -2.41. The van der Waals surface area contributed by atoms with E-state index >= 15 is 0 Å². The Morgan fingerprint density at radius 3 is 2.56 bits per heavy atom. The van der Waals surface area contributed by atoms with Crippen LogP contribution in [-0.2, 0) is 17.8 Å². The number of carbonyl (C=O) groups excluding carboxylic acids is 2. The minimum Gasteiger partial charge on any atom is -0.353 e. The molecule has 0 saturated heterocycles. The first kappa shape index (κ1) is 19.1. The topological polar surface area (TPSA) is 61.4 Å². The van der Waals surface area contributed by atoms with Crippen LogP contribution >= 0.6 is 0 Å². The lowest BCUT2D eigenvalue weighted by atomic mass is 10.00. The summed E-state index contributed by atoms with van der Waals surface area (Å²) >= 11 is 0. The zero-order chi connectivity index (χ0) is 19.2. The number of aryl methyl sites for hydroxylation is 2. The molecule has 0 bridgehead atoms. The average molecular weight is 365 g/mol. The lowest BCUT2D eigenvalue weighted by Gasteiger charge is -2.28. The Morgan fingerprint density at radius 2 is 1.78 bits per heavy atom. The molecule has 2 amide bonds. The van der Waals surface area contributed by atoms with Crippen LogP contribution in [-0.4, -0.2) is 42.9 Å². The zero-order valence-electron chi connectivity index (χ0n) is 16.0. The second-order valence-corrected chi connectivity index (χ2v) is 7.13. The highest BCUT2D eigenvalue weighted by Gasteiger charge is 2.15. The van der Waals surface area contributed by atoms with Gasteiger partial charge in [0.05, 0.1) is 6.54 Å². The molecule has 5 nitrogen and oxygen atoms in total. The number of nitrogens with one attached hydrogen (secondary N) is 2. The maximum Gasteiger partial charge on any atom is 0.251 e. The van der Waals surface area contributed by atoms with E-state index in [-0.39, 0.29) is 18.4 Å².